The Kier molecular flexibility index (Phi) is 5.68. The van der Waals surface area contributed by atoms with E-state index in [2.05, 4.69) is 10.2 Å². The van der Waals surface area contributed by atoms with Gasteiger partial charge in [0, 0.05) is 30.8 Å². The number of rotatable bonds is 6. The molecular weight excluding hydrogens is 326 g/mol. The Morgan fingerprint density at radius 1 is 1.15 bits per heavy atom. The van der Waals surface area contributed by atoms with Crippen LogP contribution in [-0.2, 0) is 4.79 Å². The van der Waals surface area contributed by atoms with E-state index in [-0.39, 0.29) is 17.9 Å². The van der Waals surface area contributed by atoms with Crippen molar-refractivity contribution in [3.63, 3.8) is 0 Å². The Hall–Kier alpha value is -2.66. The molecule has 1 heterocycles. The third-order valence-corrected chi connectivity index (χ3v) is 4.55. The van der Waals surface area contributed by atoms with Crippen molar-refractivity contribution >= 4 is 17.5 Å². The molecule has 1 fully saturated rings. The van der Waals surface area contributed by atoms with Gasteiger partial charge in [0.25, 0.3) is 5.91 Å². The van der Waals surface area contributed by atoms with Gasteiger partial charge in [-0.05, 0) is 44.3 Å². The number of benzene rings is 2. The highest BCUT2D eigenvalue weighted by Crippen LogP contribution is 2.23. The first-order chi connectivity index (χ1) is 12.5. The van der Waals surface area contributed by atoms with E-state index in [1.165, 1.54) is 0 Å². The third kappa shape index (κ3) is 4.29. The molecule has 0 aliphatic carbocycles. The number of hydrogen-bond donors (Lipinski definition) is 1. The Morgan fingerprint density at radius 2 is 1.92 bits per heavy atom. The molecule has 0 bridgehead atoms. The van der Waals surface area contributed by atoms with E-state index < -0.39 is 0 Å². The van der Waals surface area contributed by atoms with Crippen LogP contribution in [0.4, 0.5) is 5.69 Å². The Bertz CT molecular complexity index is 774. The van der Waals surface area contributed by atoms with Crippen LogP contribution in [-0.4, -0.2) is 43.9 Å². The highest BCUT2D eigenvalue weighted by atomic mass is 16.2. The summed E-state index contributed by atoms with van der Waals surface area (Å²) >= 11 is 0. The van der Waals surface area contributed by atoms with Gasteiger partial charge in [-0.15, -0.1) is 0 Å². The van der Waals surface area contributed by atoms with Gasteiger partial charge in [-0.2, -0.15) is 0 Å². The summed E-state index contributed by atoms with van der Waals surface area (Å²) in [5.74, 6) is -0.00785. The van der Waals surface area contributed by atoms with Gasteiger partial charge < -0.3 is 15.1 Å². The van der Waals surface area contributed by atoms with E-state index in [0.717, 1.165) is 24.2 Å². The predicted molar refractivity (Wildman–Crippen MR) is 103 cm³/mol. The van der Waals surface area contributed by atoms with Crippen LogP contribution in [0.15, 0.2) is 54.6 Å². The lowest BCUT2D eigenvalue weighted by Crippen LogP contribution is -2.35. The highest BCUT2D eigenvalue weighted by molar-refractivity contribution is 5.99. The number of anilines is 1. The molecular formula is C21H25N3O2. The first-order valence-electron chi connectivity index (χ1n) is 8.95. The minimum Gasteiger partial charge on any atom is -0.344 e. The molecule has 0 spiro atoms. The second-order valence-electron chi connectivity index (χ2n) is 6.90. The van der Waals surface area contributed by atoms with Gasteiger partial charge in [-0.25, -0.2) is 0 Å². The molecule has 2 aromatic rings. The van der Waals surface area contributed by atoms with E-state index in [9.17, 15) is 9.59 Å². The molecule has 1 aliphatic heterocycles. The SMILES string of the molecule is CN(C)C[C@H](NC(=O)c1cccc(N2CCCC2=O)c1)c1ccccc1. The van der Waals surface area contributed by atoms with Crippen molar-refractivity contribution < 1.29 is 9.59 Å². The lowest BCUT2D eigenvalue weighted by Gasteiger charge is -2.23. The fourth-order valence-corrected chi connectivity index (χ4v) is 3.26. The minimum absolute atomic E-state index is 0.101. The van der Waals surface area contributed by atoms with Crippen LogP contribution in [0, 0.1) is 0 Å². The molecule has 5 heteroatoms. The molecule has 1 N–H and O–H groups in total. The van der Waals surface area contributed by atoms with Crippen molar-refractivity contribution in [3.8, 4) is 0 Å². The van der Waals surface area contributed by atoms with Crippen LogP contribution in [0.3, 0.4) is 0 Å². The van der Waals surface area contributed by atoms with Crippen molar-refractivity contribution in [1.29, 1.82) is 0 Å². The van der Waals surface area contributed by atoms with Crippen LogP contribution in [0.5, 0.6) is 0 Å². The molecule has 0 saturated carbocycles. The quantitative estimate of drug-likeness (QED) is 0.871. The lowest BCUT2D eigenvalue weighted by atomic mass is 10.1. The van der Waals surface area contributed by atoms with E-state index in [0.29, 0.717) is 18.5 Å². The van der Waals surface area contributed by atoms with E-state index in [1.807, 2.05) is 56.6 Å². The molecule has 1 atom stereocenters. The monoisotopic (exact) mass is 351 g/mol. The van der Waals surface area contributed by atoms with Gasteiger partial charge in [0.1, 0.15) is 0 Å². The number of carbonyl (C=O) groups is 2. The number of carbonyl (C=O) groups excluding carboxylic acids is 2. The number of nitrogens with zero attached hydrogens (tertiary/aromatic N) is 2. The minimum atomic E-state index is -0.130. The molecule has 2 aromatic carbocycles. The van der Waals surface area contributed by atoms with Gasteiger partial charge in [-0.1, -0.05) is 36.4 Å². The average molecular weight is 351 g/mol. The predicted octanol–water partition coefficient (Wildman–Crippen LogP) is 2.85. The normalized spacial score (nSPS) is 15.3. The number of hydrogen-bond acceptors (Lipinski definition) is 3. The topological polar surface area (TPSA) is 52.7 Å². The Labute approximate surface area is 154 Å². The molecule has 1 saturated heterocycles. The molecule has 5 nitrogen and oxygen atoms in total. The standard InChI is InChI=1S/C21H25N3O2/c1-23(2)15-19(16-8-4-3-5-9-16)22-21(26)17-10-6-11-18(14-17)24-13-7-12-20(24)25/h3-6,8-11,14,19H,7,12-13,15H2,1-2H3,(H,22,26)/t19-/m0/s1. The van der Waals surface area contributed by atoms with Crippen LogP contribution in [0.2, 0.25) is 0 Å². The van der Waals surface area contributed by atoms with E-state index in [1.54, 1.807) is 17.0 Å². The molecule has 26 heavy (non-hydrogen) atoms. The van der Waals surface area contributed by atoms with Gasteiger partial charge in [0.05, 0.1) is 6.04 Å². The maximum absolute atomic E-state index is 12.8. The zero-order valence-corrected chi connectivity index (χ0v) is 15.3. The largest absolute Gasteiger partial charge is 0.344 e. The van der Waals surface area contributed by atoms with Crippen LogP contribution >= 0.6 is 0 Å². The van der Waals surface area contributed by atoms with Gasteiger partial charge >= 0.3 is 0 Å². The average Bonchev–Trinajstić information content (AvgIpc) is 3.07. The van der Waals surface area contributed by atoms with Crippen molar-refractivity contribution in [2.45, 2.75) is 18.9 Å². The smallest absolute Gasteiger partial charge is 0.251 e. The molecule has 2 amide bonds. The molecule has 0 radical (unpaired) electrons. The molecule has 136 valence electrons. The fraction of sp³-hybridized carbons (Fsp3) is 0.333. The highest BCUT2D eigenvalue weighted by Gasteiger charge is 2.23. The Morgan fingerprint density at radius 3 is 2.58 bits per heavy atom. The third-order valence-electron chi connectivity index (χ3n) is 4.55. The summed E-state index contributed by atoms with van der Waals surface area (Å²) in [5, 5.41) is 3.13. The summed E-state index contributed by atoms with van der Waals surface area (Å²) in [6.07, 6.45) is 1.45. The zero-order valence-electron chi connectivity index (χ0n) is 15.3. The summed E-state index contributed by atoms with van der Waals surface area (Å²) < 4.78 is 0. The number of likely N-dealkylation sites (N-methyl/N-ethyl adjacent to an activating group) is 1. The summed E-state index contributed by atoms with van der Waals surface area (Å²) in [4.78, 5) is 28.6. The number of amides is 2. The lowest BCUT2D eigenvalue weighted by molar-refractivity contribution is -0.117. The fourth-order valence-electron chi connectivity index (χ4n) is 3.26. The maximum atomic E-state index is 12.8. The van der Waals surface area contributed by atoms with Crippen LogP contribution < -0.4 is 10.2 Å². The molecule has 0 unspecified atom stereocenters. The molecule has 1 aliphatic rings. The summed E-state index contributed by atoms with van der Waals surface area (Å²) in [6.45, 7) is 1.43. The maximum Gasteiger partial charge on any atom is 0.251 e. The van der Waals surface area contributed by atoms with Gasteiger partial charge in [0.15, 0.2) is 0 Å². The van der Waals surface area contributed by atoms with Gasteiger partial charge in [0.2, 0.25) is 5.91 Å². The summed E-state index contributed by atoms with van der Waals surface area (Å²) in [7, 11) is 3.98. The zero-order chi connectivity index (χ0) is 18.5. The summed E-state index contributed by atoms with van der Waals surface area (Å²) in [6, 6.07) is 17.2. The molecule has 0 aromatic heterocycles. The first-order valence-corrected chi connectivity index (χ1v) is 8.95. The molecule has 3 rings (SSSR count). The van der Waals surface area contributed by atoms with Crippen LogP contribution in [0.1, 0.15) is 34.8 Å². The Balaban J connectivity index is 1.78. The second-order valence-corrected chi connectivity index (χ2v) is 6.90. The first kappa shape index (κ1) is 18.1. The van der Waals surface area contributed by atoms with Crippen molar-refractivity contribution in [2.24, 2.45) is 0 Å². The van der Waals surface area contributed by atoms with Crippen molar-refractivity contribution in [3.05, 3.63) is 65.7 Å². The van der Waals surface area contributed by atoms with E-state index >= 15 is 0 Å². The van der Waals surface area contributed by atoms with Crippen molar-refractivity contribution in [2.75, 3.05) is 32.1 Å². The summed E-state index contributed by atoms with van der Waals surface area (Å²) in [5.41, 5.74) is 2.44. The van der Waals surface area contributed by atoms with Crippen LogP contribution in [0.25, 0.3) is 0 Å². The number of nitrogens with one attached hydrogen (secondary N) is 1. The van der Waals surface area contributed by atoms with Crippen molar-refractivity contribution in [1.82, 2.24) is 10.2 Å². The second kappa shape index (κ2) is 8.15. The van der Waals surface area contributed by atoms with Gasteiger partial charge in [-0.3, -0.25) is 9.59 Å². The van der Waals surface area contributed by atoms with E-state index in [4.69, 9.17) is 0 Å².